The second-order valence-corrected chi connectivity index (χ2v) is 9.27. The highest BCUT2D eigenvalue weighted by molar-refractivity contribution is 6.21. The van der Waals surface area contributed by atoms with E-state index in [0.717, 1.165) is 31.9 Å². The number of benzene rings is 1. The zero-order valence-electron chi connectivity index (χ0n) is 18.8. The summed E-state index contributed by atoms with van der Waals surface area (Å²) in [6.07, 6.45) is 4.28. The summed E-state index contributed by atoms with van der Waals surface area (Å²) in [7, 11) is 0. The van der Waals surface area contributed by atoms with Gasteiger partial charge in [-0.2, -0.15) is 0 Å². The van der Waals surface area contributed by atoms with Crippen LogP contribution in [0, 0.1) is 36.2 Å². The number of aryl methyl sites for hydroxylation is 1. The third-order valence-electron chi connectivity index (χ3n) is 7.14. The van der Waals surface area contributed by atoms with E-state index in [2.05, 4.69) is 20.4 Å². The van der Waals surface area contributed by atoms with E-state index in [0.29, 0.717) is 48.8 Å². The van der Waals surface area contributed by atoms with E-state index in [1.54, 1.807) is 11.8 Å². The van der Waals surface area contributed by atoms with Crippen LogP contribution < -0.4 is 15.2 Å². The average Bonchev–Trinajstić information content (AvgIpc) is 3.30. The molecule has 34 heavy (non-hydrogen) atoms. The number of nitrogens with one attached hydrogen (secondary N) is 1. The lowest BCUT2D eigenvalue weighted by atomic mass is 9.92. The Morgan fingerprint density at radius 1 is 1.06 bits per heavy atom. The SMILES string of the molecule is Cc1ncnc(N2CC3CCC(C2)C3N=C2NN3CCCN=C3N2c2ccc(F)c(F)c2)c1F. The predicted molar refractivity (Wildman–Crippen MR) is 122 cm³/mol. The topological polar surface area (TPSA) is 72.2 Å². The molecule has 0 radical (unpaired) electrons. The number of halogens is 3. The molecule has 3 aliphatic heterocycles. The number of fused-ring (bicyclic) bond motifs is 3. The van der Waals surface area contributed by atoms with Gasteiger partial charge in [0.1, 0.15) is 6.33 Å². The largest absolute Gasteiger partial charge is 0.353 e. The quantitative estimate of drug-likeness (QED) is 0.744. The molecule has 4 heterocycles. The van der Waals surface area contributed by atoms with Crippen molar-refractivity contribution in [3.8, 4) is 0 Å². The van der Waals surface area contributed by atoms with E-state index >= 15 is 0 Å². The number of rotatable bonds is 3. The minimum atomic E-state index is -0.915. The zero-order chi connectivity index (χ0) is 23.4. The Kier molecular flexibility index (Phi) is 5.07. The molecule has 11 heteroatoms. The summed E-state index contributed by atoms with van der Waals surface area (Å²) in [6, 6.07) is 3.85. The molecule has 178 valence electrons. The van der Waals surface area contributed by atoms with Crippen LogP contribution in [0.1, 0.15) is 25.0 Å². The number of aromatic nitrogens is 2. The predicted octanol–water partition coefficient (Wildman–Crippen LogP) is 2.86. The summed E-state index contributed by atoms with van der Waals surface area (Å²) in [6.45, 7) is 4.36. The molecule has 6 rings (SSSR count). The van der Waals surface area contributed by atoms with E-state index in [1.807, 2.05) is 9.91 Å². The molecule has 2 saturated heterocycles. The van der Waals surface area contributed by atoms with Gasteiger partial charge in [0.05, 0.1) is 17.4 Å². The maximum atomic E-state index is 14.7. The van der Waals surface area contributed by atoms with Gasteiger partial charge in [0.25, 0.3) is 0 Å². The summed E-state index contributed by atoms with van der Waals surface area (Å²) in [5.41, 5.74) is 4.13. The fourth-order valence-corrected chi connectivity index (χ4v) is 5.49. The molecule has 0 spiro atoms. The minimum absolute atomic E-state index is 0.0273. The van der Waals surface area contributed by atoms with Crippen molar-refractivity contribution in [3.63, 3.8) is 0 Å². The van der Waals surface area contributed by atoms with Gasteiger partial charge in [-0.25, -0.2) is 33.0 Å². The van der Waals surface area contributed by atoms with Crippen LogP contribution in [0.3, 0.4) is 0 Å². The van der Waals surface area contributed by atoms with Gasteiger partial charge in [-0.1, -0.05) is 0 Å². The van der Waals surface area contributed by atoms with Gasteiger partial charge in [0.15, 0.2) is 23.3 Å². The lowest BCUT2D eigenvalue weighted by Crippen LogP contribution is -2.46. The first-order chi connectivity index (χ1) is 16.5. The first kappa shape index (κ1) is 21.2. The standard InChI is InChI=1S/C23H25F3N8/c1-13-19(26)21(29-12-28-13)32-10-14-3-4-15(11-32)20(14)30-22-31-33-8-2-7-27-23(33)34(22)16-5-6-17(24)18(25)9-16/h5-6,9,12,14-15,20H,2-4,7-8,10-11H2,1H3,(H,30,31). The van der Waals surface area contributed by atoms with Crippen molar-refractivity contribution >= 4 is 23.4 Å². The summed E-state index contributed by atoms with van der Waals surface area (Å²) in [4.78, 5) is 21.6. The maximum Gasteiger partial charge on any atom is 0.227 e. The Balaban J connectivity index is 1.31. The highest BCUT2D eigenvalue weighted by Gasteiger charge is 2.45. The first-order valence-corrected chi connectivity index (χ1v) is 11.6. The number of nitrogens with zero attached hydrogens (tertiary/aromatic N) is 7. The Morgan fingerprint density at radius 3 is 2.62 bits per heavy atom. The van der Waals surface area contributed by atoms with Gasteiger partial charge in [-0.05, 0) is 50.2 Å². The van der Waals surface area contributed by atoms with Gasteiger partial charge in [-0.15, -0.1) is 0 Å². The van der Waals surface area contributed by atoms with Crippen LogP contribution in [0.25, 0.3) is 0 Å². The highest BCUT2D eigenvalue weighted by atomic mass is 19.2. The van der Waals surface area contributed by atoms with Crippen molar-refractivity contribution in [2.24, 2.45) is 21.8 Å². The summed E-state index contributed by atoms with van der Waals surface area (Å²) in [5, 5.41) is 1.90. The maximum absolute atomic E-state index is 14.7. The van der Waals surface area contributed by atoms with Crippen molar-refractivity contribution in [1.82, 2.24) is 20.4 Å². The Labute approximate surface area is 195 Å². The zero-order valence-corrected chi connectivity index (χ0v) is 18.8. The number of piperidine rings is 1. The molecular formula is C23H25F3N8. The van der Waals surface area contributed by atoms with Gasteiger partial charge in [-0.3, -0.25) is 15.4 Å². The molecule has 2 bridgehead atoms. The van der Waals surface area contributed by atoms with Crippen LogP contribution in [0.15, 0.2) is 34.5 Å². The lowest BCUT2D eigenvalue weighted by Gasteiger charge is -2.37. The van der Waals surface area contributed by atoms with Gasteiger partial charge < -0.3 is 4.90 Å². The Hall–Kier alpha value is -3.37. The fourth-order valence-electron chi connectivity index (χ4n) is 5.49. The number of hydrogen-bond acceptors (Lipinski definition) is 6. The molecule has 1 saturated carbocycles. The number of hydrazine groups is 1. The number of aliphatic imine (C=N–C) groups is 2. The van der Waals surface area contributed by atoms with Crippen molar-refractivity contribution < 1.29 is 13.2 Å². The Morgan fingerprint density at radius 2 is 1.85 bits per heavy atom. The van der Waals surface area contributed by atoms with Gasteiger partial charge >= 0.3 is 0 Å². The van der Waals surface area contributed by atoms with Crippen LogP contribution in [0.2, 0.25) is 0 Å². The molecule has 8 nitrogen and oxygen atoms in total. The summed E-state index contributed by atoms with van der Waals surface area (Å²) < 4.78 is 42.4. The molecule has 1 aliphatic carbocycles. The summed E-state index contributed by atoms with van der Waals surface area (Å²) >= 11 is 0. The second kappa shape index (κ2) is 8.14. The molecule has 4 aliphatic rings. The van der Waals surface area contributed by atoms with Crippen LogP contribution in [-0.2, 0) is 0 Å². The molecule has 1 aromatic heterocycles. The third kappa shape index (κ3) is 3.45. The van der Waals surface area contributed by atoms with E-state index in [1.165, 1.54) is 18.5 Å². The molecule has 1 aromatic carbocycles. The molecular weight excluding hydrogens is 445 g/mol. The fraction of sp³-hybridized carbons (Fsp3) is 0.478. The lowest BCUT2D eigenvalue weighted by molar-refractivity contribution is 0.345. The molecule has 1 N–H and O–H groups in total. The van der Waals surface area contributed by atoms with Crippen molar-refractivity contribution in [3.05, 3.63) is 47.7 Å². The number of guanidine groups is 2. The molecule has 2 aromatic rings. The van der Waals surface area contributed by atoms with Gasteiger partial charge in [0, 0.05) is 32.2 Å². The normalized spacial score (nSPS) is 27.2. The third-order valence-corrected chi connectivity index (χ3v) is 7.14. The van der Waals surface area contributed by atoms with Crippen molar-refractivity contribution in [2.75, 3.05) is 36.0 Å². The summed E-state index contributed by atoms with van der Waals surface area (Å²) in [5.74, 6) is -0.168. The van der Waals surface area contributed by atoms with Crippen LogP contribution >= 0.6 is 0 Å². The van der Waals surface area contributed by atoms with Crippen LogP contribution in [-0.4, -0.2) is 59.1 Å². The number of hydrogen-bond donors (Lipinski definition) is 1. The molecule has 0 amide bonds. The van der Waals surface area contributed by atoms with Crippen molar-refractivity contribution in [1.29, 1.82) is 0 Å². The molecule has 2 unspecified atom stereocenters. The minimum Gasteiger partial charge on any atom is -0.353 e. The highest BCUT2D eigenvalue weighted by Crippen LogP contribution is 2.41. The Bertz CT molecular complexity index is 1170. The van der Waals surface area contributed by atoms with Gasteiger partial charge in [0.2, 0.25) is 11.9 Å². The van der Waals surface area contributed by atoms with E-state index in [-0.39, 0.29) is 23.7 Å². The van der Waals surface area contributed by atoms with Crippen LogP contribution in [0.4, 0.5) is 24.7 Å². The van der Waals surface area contributed by atoms with Crippen molar-refractivity contribution in [2.45, 2.75) is 32.2 Å². The second-order valence-electron chi connectivity index (χ2n) is 9.27. The van der Waals surface area contributed by atoms with E-state index < -0.39 is 11.6 Å². The first-order valence-electron chi connectivity index (χ1n) is 11.6. The average molecular weight is 471 g/mol. The monoisotopic (exact) mass is 470 g/mol. The number of anilines is 2. The van der Waals surface area contributed by atoms with E-state index in [9.17, 15) is 13.2 Å². The molecule has 3 fully saturated rings. The van der Waals surface area contributed by atoms with E-state index in [4.69, 9.17) is 4.99 Å². The smallest absolute Gasteiger partial charge is 0.227 e. The van der Waals surface area contributed by atoms with Crippen LogP contribution in [0.5, 0.6) is 0 Å². The molecule has 2 atom stereocenters.